The summed E-state index contributed by atoms with van der Waals surface area (Å²) in [7, 11) is -4.15. The number of allylic oxidation sites excluding steroid dienone is 2. The van der Waals surface area contributed by atoms with Crippen LogP contribution in [0.1, 0.15) is 6.42 Å². The molecule has 4 rings (SSSR count). The first-order valence-corrected chi connectivity index (χ1v) is 8.24. The second kappa shape index (κ2) is 4.13. The lowest BCUT2D eigenvalue weighted by Gasteiger charge is -2.19. The van der Waals surface area contributed by atoms with Crippen molar-refractivity contribution in [3.05, 3.63) is 41.7 Å². The molecule has 0 spiro atoms. The summed E-state index contributed by atoms with van der Waals surface area (Å²) in [5.74, 6) is -6.93. The Morgan fingerprint density at radius 2 is 1.73 bits per heavy atom. The zero-order chi connectivity index (χ0) is 15.8. The second-order valence-corrected chi connectivity index (χ2v) is 7.72. The normalized spacial score (nSPS) is 34.5. The Labute approximate surface area is 124 Å². The van der Waals surface area contributed by atoms with Crippen molar-refractivity contribution >= 4 is 21.6 Å². The molecule has 1 aromatic carbocycles. The minimum Gasteiger partial charge on any atom is -0.273 e. The predicted molar refractivity (Wildman–Crippen MR) is 70.7 cm³/mol. The van der Waals surface area contributed by atoms with Gasteiger partial charge in [-0.05, 0) is 30.4 Å². The SMILES string of the molecule is O=C1C2C3C=CC(C3)C2S(=O)(=O)N1c1ccc(F)c(F)c1F. The van der Waals surface area contributed by atoms with E-state index in [1.54, 1.807) is 12.2 Å². The van der Waals surface area contributed by atoms with E-state index in [9.17, 15) is 26.4 Å². The van der Waals surface area contributed by atoms with Crippen LogP contribution in [0.4, 0.5) is 18.9 Å². The molecule has 1 amide bonds. The van der Waals surface area contributed by atoms with Crippen LogP contribution in [-0.2, 0) is 14.8 Å². The van der Waals surface area contributed by atoms with Gasteiger partial charge in [-0.25, -0.2) is 25.9 Å². The maximum atomic E-state index is 13.9. The highest BCUT2D eigenvalue weighted by Gasteiger charge is 2.63. The maximum Gasteiger partial charge on any atom is 0.246 e. The van der Waals surface area contributed by atoms with Crippen molar-refractivity contribution in [3.8, 4) is 0 Å². The lowest BCUT2D eigenvalue weighted by Crippen LogP contribution is -2.34. The number of hydrogen-bond acceptors (Lipinski definition) is 3. The summed E-state index contributed by atoms with van der Waals surface area (Å²) >= 11 is 0. The van der Waals surface area contributed by atoms with E-state index in [0.29, 0.717) is 16.8 Å². The number of amides is 1. The third-order valence-electron chi connectivity index (χ3n) is 4.70. The molecule has 1 aliphatic heterocycles. The van der Waals surface area contributed by atoms with E-state index >= 15 is 0 Å². The lowest BCUT2D eigenvalue weighted by molar-refractivity contribution is -0.120. The predicted octanol–water partition coefficient (Wildman–Crippen LogP) is 1.97. The fourth-order valence-electron chi connectivity index (χ4n) is 3.82. The molecule has 1 aromatic rings. The molecule has 0 N–H and O–H groups in total. The lowest BCUT2D eigenvalue weighted by atomic mass is 9.92. The van der Waals surface area contributed by atoms with E-state index in [-0.39, 0.29) is 11.8 Å². The molecule has 1 heterocycles. The highest BCUT2D eigenvalue weighted by Crippen LogP contribution is 2.53. The van der Waals surface area contributed by atoms with Crippen LogP contribution in [0, 0.1) is 35.2 Å². The van der Waals surface area contributed by atoms with Gasteiger partial charge in [0, 0.05) is 0 Å². The topological polar surface area (TPSA) is 54.5 Å². The third kappa shape index (κ3) is 1.48. The van der Waals surface area contributed by atoms with Crippen LogP contribution >= 0.6 is 0 Å². The summed E-state index contributed by atoms with van der Waals surface area (Å²) in [6.45, 7) is 0. The van der Waals surface area contributed by atoms with E-state index in [4.69, 9.17) is 0 Å². The summed E-state index contributed by atoms with van der Waals surface area (Å²) in [5, 5.41) is -0.942. The molecule has 0 aromatic heterocycles. The number of halogens is 3. The minimum absolute atomic E-state index is 0.198. The number of carbonyl (C=O) groups excluding carboxylic acids is 1. The molecule has 4 unspecified atom stereocenters. The van der Waals surface area contributed by atoms with Gasteiger partial charge in [-0.3, -0.25) is 4.79 Å². The summed E-state index contributed by atoms with van der Waals surface area (Å²) in [6, 6.07) is 1.39. The Kier molecular flexibility index (Phi) is 2.59. The number of carbonyl (C=O) groups is 1. The zero-order valence-electron chi connectivity index (χ0n) is 11.0. The average Bonchev–Trinajstić information content (AvgIpc) is 3.12. The number of fused-ring (bicyclic) bond motifs is 5. The summed E-state index contributed by atoms with van der Waals surface area (Å²) < 4.78 is 65.9. The summed E-state index contributed by atoms with van der Waals surface area (Å²) in [4.78, 5) is 12.5. The van der Waals surface area contributed by atoms with Crippen LogP contribution in [-0.4, -0.2) is 19.6 Å². The monoisotopic (exact) mass is 329 g/mol. The van der Waals surface area contributed by atoms with Gasteiger partial charge in [-0.15, -0.1) is 0 Å². The van der Waals surface area contributed by atoms with Gasteiger partial charge in [0.05, 0.1) is 16.9 Å². The van der Waals surface area contributed by atoms with Crippen molar-refractivity contribution in [2.75, 3.05) is 4.31 Å². The van der Waals surface area contributed by atoms with Gasteiger partial charge in [0.15, 0.2) is 17.5 Å². The van der Waals surface area contributed by atoms with Crippen LogP contribution in [0.5, 0.6) is 0 Å². The Bertz CT molecular complexity index is 836. The highest BCUT2D eigenvalue weighted by atomic mass is 32.2. The van der Waals surface area contributed by atoms with Crippen molar-refractivity contribution in [2.45, 2.75) is 11.7 Å². The van der Waals surface area contributed by atoms with Gasteiger partial charge >= 0.3 is 0 Å². The van der Waals surface area contributed by atoms with Gasteiger partial charge in [0.1, 0.15) is 0 Å². The Hall–Kier alpha value is -1.83. The van der Waals surface area contributed by atoms with E-state index in [2.05, 4.69) is 0 Å². The van der Waals surface area contributed by atoms with Gasteiger partial charge in [0.25, 0.3) is 0 Å². The van der Waals surface area contributed by atoms with Crippen molar-refractivity contribution in [3.63, 3.8) is 0 Å². The number of anilines is 1. The van der Waals surface area contributed by atoms with Crippen molar-refractivity contribution in [1.29, 1.82) is 0 Å². The van der Waals surface area contributed by atoms with E-state index < -0.39 is 50.2 Å². The number of hydrogen-bond donors (Lipinski definition) is 0. The zero-order valence-corrected chi connectivity index (χ0v) is 11.9. The molecule has 1 saturated carbocycles. The first-order valence-electron chi connectivity index (χ1n) is 6.74. The molecule has 2 fully saturated rings. The summed E-state index contributed by atoms with van der Waals surface area (Å²) in [5.41, 5.74) is -0.752. The van der Waals surface area contributed by atoms with Crippen LogP contribution in [0.25, 0.3) is 0 Å². The molecule has 2 bridgehead atoms. The maximum absolute atomic E-state index is 13.9. The van der Waals surface area contributed by atoms with Gasteiger partial charge in [-0.2, -0.15) is 0 Å². The largest absolute Gasteiger partial charge is 0.273 e. The molecule has 0 radical (unpaired) electrons. The molecule has 8 heteroatoms. The van der Waals surface area contributed by atoms with Gasteiger partial charge in [0.2, 0.25) is 15.9 Å². The van der Waals surface area contributed by atoms with Crippen LogP contribution in [0.15, 0.2) is 24.3 Å². The fourth-order valence-corrected chi connectivity index (χ4v) is 6.18. The number of nitrogens with zero attached hydrogens (tertiary/aromatic N) is 1. The van der Waals surface area contributed by atoms with Crippen molar-refractivity contribution in [1.82, 2.24) is 0 Å². The second-order valence-electron chi connectivity index (χ2n) is 5.78. The molecular formula is C14H10F3NO3S. The molecule has 2 aliphatic carbocycles. The van der Waals surface area contributed by atoms with Crippen LogP contribution in [0.2, 0.25) is 0 Å². The smallest absolute Gasteiger partial charge is 0.246 e. The van der Waals surface area contributed by atoms with Crippen molar-refractivity contribution < 1.29 is 26.4 Å². The molecule has 22 heavy (non-hydrogen) atoms. The quantitative estimate of drug-likeness (QED) is 0.585. The Morgan fingerprint density at radius 3 is 2.41 bits per heavy atom. The average molecular weight is 329 g/mol. The molecule has 4 atom stereocenters. The minimum atomic E-state index is -4.15. The first kappa shape index (κ1) is 13.8. The van der Waals surface area contributed by atoms with E-state index in [1.807, 2.05) is 0 Å². The molecule has 4 nitrogen and oxygen atoms in total. The Balaban J connectivity index is 1.88. The van der Waals surface area contributed by atoms with Gasteiger partial charge in [-0.1, -0.05) is 12.2 Å². The van der Waals surface area contributed by atoms with Crippen LogP contribution in [0.3, 0.4) is 0 Å². The van der Waals surface area contributed by atoms with Gasteiger partial charge < -0.3 is 0 Å². The summed E-state index contributed by atoms with van der Waals surface area (Å²) in [6.07, 6.45) is 4.13. The first-order chi connectivity index (χ1) is 10.3. The van der Waals surface area contributed by atoms with Crippen LogP contribution < -0.4 is 4.31 Å². The molecule has 116 valence electrons. The number of benzene rings is 1. The van der Waals surface area contributed by atoms with Crippen molar-refractivity contribution in [2.24, 2.45) is 17.8 Å². The third-order valence-corrected chi connectivity index (χ3v) is 6.92. The fraction of sp³-hybridized carbons (Fsp3) is 0.357. The standard InChI is InChI=1S/C14H10F3NO3S/c15-8-3-4-9(12(17)11(8)16)18-14(19)10-6-1-2-7(5-6)13(10)22(18,20)21/h1-4,6-7,10,13H,5H2. The number of rotatable bonds is 1. The molecular weight excluding hydrogens is 319 g/mol. The number of sulfonamides is 1. The molecule has 3 aliphatic rings. The molecule has 1 saturated heterocycles. The Morgan fingerprint density at radius 1 is 1.05 bits per heavy atom. The van der Waals surface area contributed by atoms with E-state index in [1.165, 1.54) is 0 Å². The highest BCUT2D eigenvalue weighted by molar-refractivity contribution is 7.94. The van der Waals surface area contributed by atoms with E-state index in [0.717, 1.165) is 6.07 Å².